The molecule has 174 valence electrons. The minimum Gasteiger partial charge on any atom is -0.318 e. The van der Waals surface area contributed by atoms with E-state index in [2.05, 4.69) is 20.0 Å². The van der Waals surface area contributed by atoms with E-state index in [1.807, 2.05) is 0 Å². The highest BCUT2D eigenvalue weighted by Gasteiger charge is 2.35. The number of rotatable bonds is 7. The van der Waals surface area contributed by atoms with E-state index in [1.54, 1.807) is 11.4 Å². The predicted octanol–water partition coefficient (Wildman–Crippen LogP) is 4.49. The number of hydrogen-bond acceptors (Lipinski definition) is 8. The molecule has 3 rings (SSSR count). The lowest BCUT2D eigenvalue weighted by Gasteiger charge is -2.10. The molecule has 13 heteroatoms. The van der Waals surface area contributed by atoms with Crippen molar-refractivity contribution in [2.75, 3.05) is 5.75 Å². The van der Waals surface area contributed by atoms with Gasteiger partial charge in [-0.05, 0) is 42.1 Å². The molecule has 0 fully saturated rings. The Balaban J connectivity index is 1.74. The predicted molar refractivity (Wildman–Crippen MR) is 112 cm³/mol. The summed E-state index contributed by atoms with van der Waals surface area (Å²) in [6.07, 6.45) is -5.60. The number of thiophene rings is 1. The van der Waals surface area contributed by atoms with Crippen LogP contribution in [0.5, 0.6) is 0 Å². The van der Waals surface area contributed by atoms with Gasteiger partial charge in [-0.3, -0.25) is 0 Å². The van der Waals surface area contributed by atoms with E-state index >= 15 is 0 Å². The van der Waals surface area contributed by atoms with Crippen molar-refractivity contribution in [1.29, 1.82) is 0 Å². The fraction of sp³-hybridized carbons (Fsp3) is 0.200. The second kappa shape index (κ2) is 9.75. The lowest BCUT2D eigenvalue weighted by atomic mass is 10.1. The van der Waals surface area contributed by atoms with Gasteiger partial charge in [0.25, 0.3) is 0 Å². The number of sulfone groups is 1. The molecule has 0 radical (unpaired) electrons. The number of benzene rings is 1. The van der Waals surface area contributed by atoms with Crippen molar-refractivity contribution in [3.63, 3.8) is 0 Å². The molecule has 33 heavy (non-hydrogen) atoms. The maximum absolute atomic E-state index is 13.2. The number of aromatic nitrogens is 2. The van der Waals surface area contributed by atoms with Crippen LogP contribution in [-0.2, 0) is 25.6 Å². The zero-order chi connectivity index (χ0) is 24.2. The fourth-order valence-corrected chi connectivity index (χ4v) is 4.26. The van der Waals surface area contributed by atoms with Crippen LogP contribution in [0.2, 0.25) is 0 Å². The van der Waals surface area contributed by atoms with Crippen LogP contribution in [0.15, 0.2) is 58.2 Å². The van der Waals surface area contributed by atoms with E-state index in [9.17, 15) is 30.8 Å². The van der Waals surface area contributed by atoms with Gasteiger partial charge in [-0.15, -0.1) is 11.3 Å². The van der Waals surface area contributed by atoms with Crippen molar-refractivity contribution in [1.82, 2.24) is 9.97 Å². The molecular formula is C20H15F4N3O4S2. The third kappa shape index (κ3) is 6.42. The van der Waals surface area contributed by atoms with Gasteiger partial charge >= 0.3 is 12.1 Å². The molecule has 0 amide bonds. The zero-order valence-corrected chi connectivity index (χ0v) is 18.5. The number of hydrogen-bond donors (Lipinski definition) is 0. The number of alkyl halides is 3. The Kier molecular flexibility index (Phi) is 7.22. The summed E-state index contributed by atoms with van der Waals surface area (Å²) >= 11 is 1.08. The first kappa shape index (κ1) is 24.5. The maximum Gasteiger partial charge on any atom is 0.433 e. The molecule has 2 heterocycles. The van der Waals surface area contributed by atoms with Crippen LogP contribution < -0.4 is 0 Å². The Morgan fingerprint density at radius 3 is 2.45 bits per heavy atom. The minimum absolute atomic E-state index is 0.201. The second-order valence-electron chi connectivity index (χ2n) is 6.61. The average molecular weight is 501 g/mol. The molecule has 0 saturated carbocycles. The number of nitrogens with zero attached hydrogens (tertiary/aromatic N) is 3. The van der Waals surface area contributed by atoms with E-state index in [-0.39, 0.29) is 11.4 Å². The molecule has 0 bridgehead atoms. The average Bonchev–Trinajstić information content (AvgIpc) is 3.31. The van der Waals surface area contributed by atoms with E-state index in [1.165, 1.54) is 37.3 Å². The van der Waals surface area contributed by atoms with Gasteiger partial charge in [-0.2, -0.15) is 13.2 Å². The molecule has 7 nitrogen and oxygen atoms in total. The Hall–Kier alpha value is -3.19. The molecule has 0 atom stereocenters. The highest BCUT2D eigenvalue weighted by atomic mass is 32.2. The third-order valence-corrected chi connectivity index (χ3v) is 6.54. The third-order valence-electron chi connectivity index (χ3n) is 4.17. The van der Waals surface area contributed by atoms with E-state index in [4.69, 9.17) is 0 Å². The molecule has 0 saturated heterocycles. The fourth-order valence-electron chi connectivity index (χ4n) is 2.48. The van der Waals surface area contributed by atoms with Gasteiger partial charge in [0.1, 0.15) is 11.5 Å². The van der Waals surface area contributed by atoms with Crippen LogP contribution in [0.3, 0.4) is 0 Å². The van der Waals surface area contributed by atoms with Crippen LogP contribution >= 0.6 is 11.3 Å². The van der Waals surface area contributed by atoms with Crippen LogP contribution in [0.1, 0.15) is 24.6 Å². The molecular weight excluding hydrogens is 486 g/mol. The summed E-state index contributed by atoms with van der Waals surface area (Å²) in [5.74, 6) is -2.39. The van der Waals surface area contributed by atoms with Crippen LogP contribution in [-0.4, -0.2) is 35.8 Å². The van der Waals surface area contributed by atoms with E-state index in [0.717, 1.165) is 11.3 Å². The van der Waals surface area contributed by atoms with Crippen LogP contribution in [0, 0.1) is 5.82 Å². The largest absolute Gasteiger partial charge is 0.433 e. The molecule has 1 aromatic carbocycles. The molecule has 0 unspecified atom stereocenters. The van der Waals surface area contributed by atoms with Crippen LogP contribution in [0.4, 0.5) is 17.6 Å². The molecule has 3 aromatic rings. The van der Waals surface area contributed by atoms with Gasteiger partial charge in [-0.1, -0.05) is 23.4 Å². The zero-order valence-electron chi connectivity index (χ0n) is 16.8. The number of oxime groups is 1. The first-order chi connectivity index (χ1) is 15.5. The van der Waals surface area contributed by atoms with Crippen molar-refractivity contribution >= 4 is 32.9 Å². The Labute approximate surface area is 189 Å². The van der Waals surface area contributed by atoms with Gasteiger partial charge in [0, 0.05) is 0 Å². The molecule has 0 aliphatic heterocycles. The highest BCUT2D eigenvalue weighted by molar-refractivity contribution is 7.91. The highest BCUT2D eigenvalue weighted by Crippen LogP contribution is 2.32. The van der Waals surface area contributed by atoms with Crippen molar-refractivity contribution in [3.05, 3.63) is 64.9 Å². The lowest BCUT2D eigenvalue weighted by Crippen LogP contribution is -2.18. The standard InChI is InChI=1S/C20H15F4N3O4S2/c1-12(13-4-6-14(21)7-5-13)27-31-18(28)8-10-33(29,30)19-25-15(16-3-2-9-32-16)11-17(26-19)20(22,23)24/h2-7,9,11H,8,10H2,1H3/b27-12+. The van der Waals surface area contributed by atoms with Gasteiger partial charge in [0.15, 0.2) is 0 Å². The first-order valence-corrected chi connectivity index (χ1v) is 11.7. The molecule has 0 aliphatic carbocycles. The summed E-state index contributed by atoms with van der Waals surface area (Å²) in [6.45, 7) is 1.49. The van der Waals surface area contributed by atoms with Crippen molar-refractivity contribution in [3.8, 4) is 10.6 Å². The van der Waals surface area contributed by atoms with Gasteiger partial charge in [0.05, 0.1) is 28.5 Å². The Bertz CT molecular complexity index is 1270. The van der Waals surface area contributed by atoms with E-state index in [0.29, 0.717) is 16.5 Å². The monoisotopic (exact) mass is 501 g/mol. The van der Waals surface area contributed by atoms with Crippen molar-refractivity contribution in [2.24, 2.45) is 5.16 Å². The maximum atomic E-state index is 13.2. The van der Waals surface area contributed by atoms with Crippen LogP contribution in [0.25, 0.3) is 10.6 Å². The minimum atomic E-state index is -4.90. The first-order valence-electron chi connectivity index (χ1n) is 9.19. The molecule has 0 N–H and O–H groups in total. The quantitative estimate of drug-likeness (QED) is 0.156. The normalized spacial score (nSPS) is 12.6. The number of halogens is 4. The van der Waals surface area contributed by atoms with Gasteiger partial charge in [-0.25, -0.2) is 27.6 Å². The smallest absolute Gasteiger partial charge is 0.318 e. The van der Waals surface area contributed by atoms with Gasteiger partial charge < -0.3 is 4.84 Å². The van der Waals surface area contributed by atoms with E-state index < -0.39 is 50.8 Å². The van der Waals surface area contributed by atoms with Gasteiger partial charge in [0.2, 0.25) is 15.0 Å². The summed E-state index contributed by atoms with van der Waals surface area (Å²) < 4.78 is 77.8. The number of carbonyl (C=O) groups excluding carboxylic acids is 1. The summed E-state index contributed by atoms with van der Waals surface area (Å²) in [4.78, 5) is 23.8. The summed E-state index contributed by atoms with van der Waals surface area (Å²) in [5.41, 5.74) is -0.919. The second-order valence-corrected chi connectivity index (χ2v) is 9.56. The molecule has 0 spiro atoms. The lowest BCUT2D eigenvalue weighted by molar-refractivity contribution is -0.143. The summed E-state index contributed by atoms with van der Waals surface area (Å²) in [7, 11) is -4.46. The summed E-state index contributed by atoms with van der Waals surface area (Å²) in [5, 5.41) is 4.12. The van der Waals surface area contributed by atoms with Crippen molar-refractivity contribution in [2.45, 2.75) is 24.7 Å². The molecule has 2 aromatic heterocycles. The SMILES string of the molecule is C/C(=N\OC(=O)CCS(=O)(=O)c1nc(-c2cccs2)cc(C(F)(F)F)n1)c1ccc(F)cc1. The van der Waals surface area contributed by atoms with Crippen molar-refractivity contribution < 1.29 is 35.6 Å². The molecule has 0 aliphatic rings. The Morgan fingerprint density at radius 1 is 1.15 bits per heavy atom. The number of carbonyl (C=O) groups is 1. The summed E-state index contributed by atoms with van der Waals surface area (Å²) in [6, 6.07) is 8.90. The topological polar surface area (TPSA) is 98.6 Å². The Morgan fingerprint density at radius 2 is 1.85 bits per heavy atom.